The molecule has 0 spiro atoms. The van der Waals surface area contributed by atoms with Gasteiger partial charge in [-0.3, -0.25) is 4.79 Å². The average Bonchev–Trinajstić information content (AvgIpc) is 2.76. The van der Waals surface area contributed by atoms with Crippen molar-refractivity contribution in [2.45, 2.75) is 47.1 Å². The Morgan fingerprint density at radius 3 is 2.16 bits per heavy atom. The van der Waals surface area contributed by atoms with Gasteiger partial charge in [-0.15, -0.1) is 0 Å². The summed E-state index contributed by atoms with van der Waals surface area (Å²) in [7, 11) is 0. The first-order valence-electron chi connectivity index (χ1n) is 10.6. The van der Waals surface area contributed by atoms with E-state index in [0.29, 0.717) is 18.1 Å². The number of nitrogens with one attached hydrogen (secondary N) is 1. The number of nitrogens with zero attached hydrogens (tertiary/aromatic N) is 1. The van der Waals surface area contributed by atoms with E-state index in [1.54, 1.807) is 12.1 Å². The summed E-state index contributed by atoms with van der Waals surface area (Å²) in [5, 5.41) is 4.23. The van der Waals surface area contributed by atoms with Crippen molar-refractivity contribution in [3.8, 4) is 5.75 Å². The summed E-state index contributed by atoms with van der Waals surface area (Å²) in [6.45, 7) is 10.8. The largest absolute Gasteiger partial charge is 0.489 e. The van der Waals surface area contributed by atoms with Gasteiger partial charge in [-0.25, -0.2) is 5.43 Å². The van der Waals surface area contributed by atoms with Crippen molar-refractivity contribution in [3.05, 3.63) is 100 Å². The monoisotopic (exact) mass is 414 g/mol. The van der Waals surface area contributed by atoms with Crippen LogP contribution in [0.2, 0.25) is 0 Å². The number of amides is 1. The second kappa shape index (κ2) is 10.1. The van der Waals surface area contributed by atoms with Gasteiger partial charge in [-0.05, 0) is 67.1 Å². The zero-order valence-corrected chi connectivity index (χ0v) is 18.9. The van der Waals surface area contributed by atoms with E-state index in [1.165, 1.54) is 16.7 Å². The number of hydrazone groups is 1. The third-order valence-corrected chi connectivity index (χ3v) is 5.20. The SMILES string of the molecule is C/C(=N\NC(=O)c1ccc(COc2cc(C)ccc2C(C)C)cc1)c1ccc(C)cc1. The van der Waals surface area contributed by atoms with Crippen LogP contribution in [0.25, 0.3) is 0 Å². The Balaban J connectivity index is 1.61. The van der Waals surface area contributed by atoms with Gasteiger partial charge in [0.25, 0.3) is 5.91 Å². The standard InChI is InChI=1S/C27H30N2O2/c1-18(2)25-15-8-20(4)16-26(25)31-17-22-9-13-24(14-10-22)27(30)29-28-21(5)23-11-6-19(3)7-12-23/h6-16,18H,17H2,1-5H3,(H,29,30)/b28-21+. The van der Waals surface area contributed by atoms with Crippen LogP contribution in [0.3, 0.4) is 0 Å². The number of hydrogen-bond donors (Lipinski definition) is 1. The Morgan fingerprint density at radius 2 is 1.52 bits per heavy atom. The molecule has 0 aromatic heterocycles. The maximum atomic E-state index is 12.4. The third-order valence-electron chi connectivity index (χ3n) is 5.20. The zero-order chi connectivity index (χ0) is 22.4. The predicted octanol–water partition coefficient (Wildman–Crippen LogP) is 6.16. The zero-order valence-electron chi connectivity index (χ0n) is 18.9. The van der Waals surface area contributed by atoms with Gasteiger partial charge in [0.15, 0.2) is 0 Å². The molecule has 3 aromatic rings. The van der Waals surface area contributed by atoms with Gasteiger partial charge in [0, 0.05) is 5.56 Å². The van der Waals surface area contributed by atoms with E-state index in [9.17, 15) is 4.79 Å². The molecule has 0 aliphatic carbocycles. The topological polar surface area (TPSA) is 50.7 Å². The lowest BCUT2D eigenvalue weighted by atomic mass is 10.0. The fourth-order valence-electron chi connectivity index (χ4n) is 3.22. The minimum atomic E-state index is -0.236. The van der Waals surface area contributed by atoms with Gasteiger partial charge >= 0.3 is 0 Å². The van der Waals surface area contributed by atoms with Crippen LogP contribution < -0.4 is 10.2 Å². The highest BCUT2D eigenvalue weighted by Crippen LogP contribution is 2.28. The molecule has 31 heavy (non-hydrogen) atoms. The highest BCUT2D eigenvalue weighted by atomic mass is 16.5. The Hall–Kier alpha value is -3.40. The van der Waals surface area contributed by atoms with Crippen molar-refractivity contribution < 1.29 is 9.53 Å². The molecule has 0 aliphatic heterocycles. The Labute approximate surface area is 185 Å². The lowest BCUT2D eigenvalue weighted by Gasteiger charge is -2.15. The van der Waals surface area contributed by atoms with E-state index < -0.39 is 0 Å². The molecule has 0 heterocycles. The molecule has 4 nitrogen and oxygen atoms in total. The molecule has 0 bridgehead atoms. The Bertz CT molecular complexity index is 1070. The minimum absolute atomic E-state index is 0.236. The maximum Gasteiger partial charge on any atom is 0.271 e. The maximum absolute atomic E-state index is 12.4. The molecule has 0 saturated heterocycles. The molecule has 4 heteroatoms. The minimum Gasteiger partial charge on any atom is -0.489 e. The van der Waals surface area contributed by atoms with Crippen molar-refractivity contribution in [2.24, 2.45) is 5.10 Å². The molecule has 3 aromatic carbocycles. The smallest absolute Gasteiger partial charge is 0.271 e. The number of aryl methyl sites for hydroxylation is 2. The van der Waals surface area contributed by atoms with Crippen molar-refractivity contribution >= 4 is 11.6 Å². The van der Waals surface area contributed by atoms with Crippen LogP contribution in [0, 0.1) is 13.8 Å². The number of hydrogen-bond acceptors (Lipinski definition) is 3. The fraction of sp³-hybridized carbons (Fsp3) is 0.259. The Kier molecular flexibility index (Phi) is 7.24. The predicted molar refractivity (Wildman–Crippen MR) is 127 cm³/mol. The molecule has 0 aliphatic rings. The van der Waals surface area contributed by atoms with Crippen LogP contribution in [0.15, 0.2) is 71.8 Å². The molecule has 3 rings (SSSR count). The van der Waals surface area contributed by atoms with Gasteiger partial charge in [0.1, 0.15) is 12.4 Å². The van der Waals surface area contributed by atoms with E-state index >= 15 is 0 Å². The Morgan fingerprint density at radius 1 is 0.903 bits per heavy atom. The highest BCUT2D eigenvalue weighted by Gasteiger charge is 2.09. The summed E-state index contributed by atoms with van der Waals surface area (Å²) in [6, 6.07) is 21.8. The van der Waals surface area contributed by atoms with Crippen molar-refractivity contribution in [1.82, 2.24) is 5.43 Å². The van der Waals surface area contributed by atoms with E-state index in [2.05, 4.69) is 49.5 Å². The van der Waals surface area contributed by atoms with Crippen molar-refractivity contribution in [1.29, 1.82) is 0 Å². The van der Waals surface area contributed by atoms with E-state index in [1.807, 2.05) is 50.2 Å². The molecule has 0 saturated carbocycles. The summed E-state index contributed by atoms with van der Waals surface area (Å²) in [6.07, 6.45) is 0. The van der Waals surface area contributed by atoms with Gasteiger partial charge < -0.3 is 4.74 Å². The number of benzene rings is 3. The summed E-state index contributed by atoms with van der Waals surface area (Å²) in [4.78, 5) is 12.4. The second-order valence-corrected chi connectivity index (χ2v) is 8.19. The molecule has 1 N–H and O–H groups in total. The molecule has 0 unspecified atom stereocenters. The normalized spacial score (nSPS) is 11.5. The first-order chi connectivity index (χ1) is 14.8. The summed E-state index contributed by atoms with van der Waals surface area (Å²) in [5.74, 6) is 1.07. The number of ether oxygens (including phenoxy) is 1. The van der Waals surface area contributed by atoms with Crippen LogP contribution in [-0.4, -0.2) is 11.6 Å². The molecule has 160 valence electrons. The van der Waals surface area contributed by atoms with Gasteiger partial charge in [0.2, 0.25) is 0 Å². The summed E-state index contributed by atoms with van der Waals surface area (Å²) >= 11 is 0. The van der Waals surface area contributed by atoms with Crippen LogP contribution in [-0.2, 0) is 6.61 Å². The summed E-state index contributed by atoms with van der Waals surface area (Å²) < 4.78 is 6.08. The quantitative estimate of drug-likeness (QED) is 0.372. The first kappa shape index (κ1) is 22.3. The molecule has 0 atom stereocenters. The average molecular weight is 415 g/mol. The van der Waals surface area contributed by atoms with E-state index in [0.717, 1.165) is 22.6 Å². The van der Waals surface area contributed by atoms with Crippen LogP contribution in [0.1, 0.15) is 64.9 Å². The van der Waals surface area contributed by atoms with Crippen LogP contribution >= 0.6 is 0 Å². The molecule has 1 amide bonds. The molecule has 0 fully saturated rings. The number of carbonyl (C=O) groups is 1. The molecular formula is C27H30N2O2. The van der Waals surface area contributed by atoms with Gasteiger partial charge in [0.05, 0.1) is 5.71 Å². The van der Waals surface area contributed by atoms with E-state index in [-0.39, 0.29) is 5.91 Å². The first-order valence-corrected chi connectivity index (χ1v) is 10.6. The lowest BCUT2D eigenvalue weighted by molar-refractivity contribution is 0.0955. The number of rotatable bonds is 7. The molecular weight excluding hydrogens is 384 g/mol. The summed E-state index contributed by atoms with van der Waals surface area (Å²) in [5.41, 5.74) is 9.50. The van der Waals surface area contributed by atoms with Crippen molar-refractivity contribution in [3.63, 3.8) is 0 Å². The van der Waals surface area contributed by atoms with Gasteiger partial charge in [-0.2, -0.15) is 5.10 Å². The van der Waals surface area contributed by atoms with Crippen molar-refractivity contribution in [2.75, 3.05) is 0 Å². The lowest BCUT2D eigenvalue weighted by Crippen LogP contribution is -2.19. The number of carbonyl (C=O) groups excluding carboxylic acids is 1. The fourth-order valence-corrected chi connectivity index (χ4v) is 3.22. The highest BCUT2D eigenvalue weighted by molar-refractivity contribution is 6.00. The third kappa shape index (κ3) is 6.05. The van der Waals surface area contributed by atoms with Crippen LogP contribution in [0.4, 0.5) is 0 Å². The molecule has 0 radical (unpaired) electrons. The van der Waals surface area contributed by atoms with Crippen LogP contribution in [0.5, 0.6) is 5.75 Å². The van der Waals surface area contributed by atoms with E-state index in [4.69, 9.17) is 4.74 Å². The van der Waals surface area contributed by atoms with Gasteiger partial charge in [-0.1, -0.05) is 67.9 Å². The second-order valence-electron chi connectivity index (χ2n) is 8.19.